The standard InChI is InChI=1S/2C6H13NO2S.2C5H11NO2S.2C4H9NO2S.C3H7NO2S/c7-5(4-10)2-1-3-6(8)9;7-5(6(8)9)3-1-2-4-10;6-4(3-9)1-2-5(7)8;6-4(5(7)8)2-1-3-9;5-3(2-8)1-4(6)7;5-3(1-2-8)4(6)7;4-2(1-7)3(5)6/h2*5,10H,1-4,7H2,(H,8,9);2*4,9H,1-3,6H2,(H,7,8);2*3,8H,1-2,5H2,(H,6,7);2,7H,1,4H2,(H,5,6). The van der Waals surface area contributed by atoms with E-state index in [9.17, 15) is 33.6 Å². The van der Waals surface area contributed by atoms with E-state index in [0.29, 0.717) is 60.9 Å². The van der Waals surface area contributed by atoms with Gasteiger partial charge in [0.15, 0.2) is 0 Å². The van der Waals surface area contributed by atoms with Crippen molar-refractivity contribution in [1.29, 1.82) is 0 Å². The Morgan fingerprint density at radius 2 is 0.705 bits per heavy atom. The Balaban J connectivity index is -0.000000112. The number of unbranched alkanes of at least 4 members (excludes halogenated alkanes) is 1. The van der Waals surface area contributed by atoms with Crippen molar-refractivity contribution in [3.05, 3.63) is 0 Å². The van der Waals surface area contributed by atoms with Gasteiger partial charge in [0.1, 0.15) is 24.2 Å². The number of carbonyl (C=O) groups is 7. The van der Waals surface area contributed by atoms with Crippen molar-refractivity contribution in [3.8, 4) is 0 Å². The minimum absolute atomic E-state index is 0.00347. The number of rotatable bonds is 26. The van der Waals surface area contributed by atoms with Crippen molar-refractivity contribution in [2.75, 3.05) is 40.3 Å². The Morgan fingerprint density at radius 1 is 0.344 bits per heavy atom. The molecule has 7 unspecified atom stereocenters. The summed E-state index contributed by atoms with van der Waals surface area (Å²) in [6.45, 7) is 0. The summed E-state index contributed by atoms with van der Waals surface area (Å²) < 4.78 is 0. The molecular formula is C33H73N7O14S7. The van der Waals surface area contributed by atoms with Gasteiger partial charge in [0, 0.05) is 54.0 Å². The smallest absolute Gasteiger partial charge is 0.321 e. The summed E-state index contributed by atoms with van der Waals surface area (Å²) in [5.74, 6) is -2.44. The fourth-order valence-electron chi connectivity index (χ4n) is 2.67. The zero-order chi connectivity index (χ0) is 49.5. The van der Waals surface area contributed by atoms with Crippen molar-refractivity contribution in [3.63, 3.8) is 0 Å². The largest absolute Gasteiger partial charge is 0.481 e. The Kier molecular flexibility index (Phi) is 66.1. The highest BCUT2D eigenvalue weighted by atomic mass is 32.1. The van der Waals surface area contributed by atoms with Gasteiger partial charge < -0.3 is 75.9 Å². The van der Waals surface area contributed by atoms with Crippen LogP contribution in [0, 0.1) is 0 Å². The number of nitrogens with two attached hydrogens (primary N) is 7. The second kappa shape index (κ2) is 54.6. The summed E-state index contributed by atoms with van der Waals surface area (Å²) >= 11 is 27.0. The van der Waals surface area contributed by atoms with Crippen molar-refractivity contribution >= 4 is 130 Å². The monoisotopic (exact) mass is 1020 g/mol. The molecule has 0 rings (SSSR count). The van der Waals surface area contributed by atoms with Gasteiger partial charge >= 0.3 is 41.8 Å². The van der Waals surface area contributed by atoms with Crippen LogP contribution >= 0.6 is 88.4 Å². The quantitative estimate of drug-likeness (QED) is 0.0400. The average molecular weight is 1020 g/mol. The van der Waals surface area contributed by atoms with Gasteiger partial charge in [-0.05, 0) is 68.6 Å². The third kappa shape index (κ3) is 76.2. The maximum Gasteiger partial charge on any atom is 0.321 e. The van der Waals surface area contributed by atoms with Crippen LogP contribution in [-0.2, 0) is 33.6 Å². The molecule has 0 radical (unpaired) electrons. The van der Waals surface area contributed by atoms with Crippen LogP contribution in [0.3, 0.4) is 0 Å². The van der Waals surface area contributed by atoms with Crippen LogP contribution in [0.15, 0.2) is 0 Å². The first kappa shape index (κ1) is 73.8. The second-order valence-corrected chi connectivity index (χ2v) is 15.0. The van der Waals surface area contributed by atoms with Gasteiger partial charge in [0.2, 0.25) is 0 Å². The van der Waals surface area contributed by atoms with Crippen molar-refractivity contribution < 1.29 is 69.3 Å². The minimum atomic E-state index is -1.00. The molecule has 366 valence electrons. The highest BCUT2D eigenvalue weighted by molar-refractivity contribution is 7.81. The molecule has 0 aromatic carbocycles. The van der Waals surface area contributed by atoms with E-state index in [0.717, 1.165) is 31.4 Å². The SMILES string of the molecule is NC(CCCCS)C(=O)O.NC(CCCS)C(=O)O.NC(CCS)C(=O)O.NC(CS)C(=O)O.NC(CS)CC(=O)O.NC(CS)CCC(=O)O.NC(CS)CCCC(=O)O. The lowest BCUT2D eigenvalue weighted by atomic mass is 10.1. The van der Waals surface area contributed by atoms with E-state index in [-0.39, 0.29) is 43.1 Å². The van der Waals surface area contributed by atoms with Crippen LogP contribution in [0.5, 0.6) is 0 Å². The Labute approximate surface area is 397 Å². The fourth-order valence-corrected chi connectivity index (χ4v) is 4.01. The van der Waals surface area contributed by atoms with E-state index < -0.39 is 66.0 Å². The number of carboxylic acid groups (broad SMARTS) is 7. The van der Waals surface area contributed by atoms with Gasteiger partial charge in [-0.1, -0.05) is 6.42 Å². The van der Waals surface area contributed by atoms with E-state index in [1.54, 1.807) is 0 Å². The highest BCUT2D eigenvalue weighted by Crippen LogP contribution is 2.01. The number of carboxylic acids is 7. The van der Waals surface area contributed by atoms with Gasteiger partial charge in [-0.25, -0.2) is 0 Å². The molecule has 21 N–H and O–H groups in total. The van der Waals surface area contributed by atoms with Gasteiger partial charge in [0.05, 0.1) is 6.42 Å². The summed E-state index contributed by atoms with van der Waals surface area (Å²) in [7, 11) is 0. The van der Waals surface area contributed by atoms with Crippen molar-refractivity contribution in [1.82, 2.24) is 0 Å². The van der Waals surface area contributed by atoms with Crippen LogP contribution in [-0.4, -0.2) is 160 Å². The molecular weight excluding hydrogens is 943 g/mol. The Bertz CT molecular complexity index is 1120. The lowest BCUT2D eigenvalue weighted by Gasteiger charge is -2.04. The number of aliphatic carboxylic acids is 7. The maximum atomic E-state index is 10.1. The molecule has 7 atom stereocenters. The predicted molar refractivity (Wildman–Crippen MR) is 262 cm³/mol. The molecule has 0 saturated heterocycles. The van der Waals surface area contributed by atoms with E-state index in [2.05, 4.69) is 88.4 Å². The maximum absolute atomic E-state index is 10.1. The molecule has 61 heavy (non-hydrogen) atoms. The summed E-state index contributed by atoms with van der Waals surface area (Å²) in [6.07, 6.45) is 6.29. The molecule has 0 aliphatic carbocycles. The van der Waals surface area contributed by atoms with Crippen LogP contribution < -0.4 is 40.1 Å². The zero-order valence-electron chi connectivity index (χ0n) is 34.1. The Morgan fingerprint density at radius 3 is 0.951 bits per heavy atom. The normalized spacial score (nSPS) is 13.1. The first-order valence-corrected chi connectivity index (χ1v) is 22.8. The molecule has 0 fully saturated rings. The van der Waals surface area contributed by atoms with Crippen LogP contribution in [0.4, 0.5) is 0 Å². The molecule has 28 heteroatoms. The summed E-state index contributed by atoms with van der Waals surface area (Å²) in [4.78, 5) is 69.7. The lowest BCUT2D eigenvalue weighted by molar-refractivity contribution is -0.139. The number of hydrogen-bond donors (Lipinski definition) is 21. The minimum Gasteiger partial charge on any atom is -0.481 e. The number of hydrogen-bond acceptors (Lipinski definition) is 21. The van der Waals surface area contributed by atoms with E-state index in [1.165, 1.54) is 0 Å². The molecule has 0 amide bonds. The van der Waals surface area contributed by atoms with Crippen molar-refractivity contribution in [2.45, 2.75) is 119 Å². The van der Waals surface area contributed by atoms with Gasteiger partial charge in [-0.2, -0.15) is 88.4 Å². The van der Waals surface area contributed by atoms with E-state index in [4.69, 9.17) is 75.9 Å². The lowest BCUT2D eigenvalue weighted by Crippen LogP contribution is -2.31. The molecule has 0 bridgehead atoms. The topological polar surface area (TPSA) is 443 Å². The average Bonchev–Trinajstić information content (AvgIpc) is 3.19. The molecule has 0 aromatic rings. The molecule has 0 saturated carbocycles. The van der Waals surface area contributed by atoms with Crippen LogP contribution in [0.2, 0.25) is 0 Å². The van der Waals surface area contributed by atoms with Crippen LogP contribution in [0.1, 0.15) is 77.0 Å². The summed E-state index contributed by atoms with van der Waals surface area (Å²) in [5.41, 5.74) is 36.5. The molecule has 0 aromatic heterocycles. The van der Waals surface area contributed by atoms with Gasteiger partial charge in [-0.3, -0.25) is 33.6 Å². The molecule has 0 aliphatic rings. The molecule has 0 spiro atoms. The first-order valence-electron chi connectivity index (χ1n) is 18.3. The third-order valence-electron chi connectivity index (χ3n) is 6.34. The summed E-state index contributed by atoms with van der Waals surface area (Å²) in [5, 5.41) is 57.3. The third-order valence-corrected chi connectivity index (χ3v) is 9.03. The van der Waals surface area contributed by atoms with E-state index in [1.807, 2.05) is 0 Å². The molecule has 0 heterocycles. The molecule has 21 nitrogen and oxygen atoms in total. The predicted octanol–water partition coefficient (Wildman–Crippen LogP) is -0.0221. The first-order chi connectivity index (χ1) is 28.2. The zero-order valence-corrected chi connectivity index (χ0v) is 40.4. The Hall–Kier alpha value is -1.54. The number of thiol groups is 7. The van der Waals surface area contributed by atoms with E-state index >= 15 is 0 Å². The van der Waals surface area contributed by atoms with Crippen molar-refractivity contribution in [2.24, 2.45) is 40.1 Å². The summed E-state index contributed by atoms with van der Waals surface area (Å²) in [6, 6.07) is -3.31. The van der Waals surface area contributed by atoms with Gasteiger partial charge in [0.25, 0.3) is 0 Å². The van der Waals surface area contributed by atoms with Crippen LogP contribution in [0.25, 0.3) is 0 Å². The van der Waals surface area contributed by atoms with Gasteiger partial charge in [-0.15, -0.1) is 0 Å². The second-order valence-electron chi connectivity index (χ2n) is 12.2. The highest BCUT2D eigenvalue weighted by Gasteiger charge is 2.11. The fraction of sp³-hybridized carbons (Fsp3) is 0.788. The molecule has 0 aliphatic heterocycles.